The summed E-state index contributed by atoms with van der Waals surface area (Å²) in [5.41, 5.74) is 1.78. The Morgan fingerprint density at radius 3 is 2.61 bits per heavy atom. The van der Waals surface area contributed by atoms with Crippen molar-refractivity contribution in [1.29, 1.82) is 0 Å². The number of anilines is 1. The lowest BCUT2D eigenvalue weighted by Gasteiger charge is -2.35. The second-order valence-corrected chi connectivity index (χ2v) is 6.29. The third kappa shape index (κ3) is 3.31. The van der Waals surface area contributed by atoms with Crippen LogP contribution in [0.3, 0.4) is 0 Å². The lowest BCUT2D eigenvalue weighted by Crippen LogP contribution is -2.48. The minimum atomic E-state index is -0.564. The molecule has 1 unspecified atom stereocenters. The van der Waals surface area contributed by atoms with Crippen molar-refractivity contribution in [3.8, 4) is 11.5 Å². The molecule has 4 heteroatoms. The third-order valence-corrected chi connectivity index (χ3v) is 3.86. The average Bonchev–Trinajstić information content (AvgIpc) is 2.52. The molecule has 2 aromatic rings. The van der Waals surface area contributed by atoms with Crippen LogP contribution in [0.4, 0.5) is 5.69 Å². The average molecular weight is 311 g/mol. The molecule has 0 saturated carbocycles. The molecule has 1 atom stereocenters. The van der Waals surface area contributed by atoms with E-state index in [1.807, 2.05) is 30.3 Å². The third-order valence-electron chi connectivity index (χ3n) is 3.86. The van der Waals surface area contributed by atoms with Crippen molar-refractivity contribution in [3.05, 3.63) is 54.1 Å². The van der Waals surface area contributed by atoms with Crippen LogP contribution < -0.4 is 9.64 Å². The lowest BCUT2D eigenvalue weighted by atomic mass is 10.0. The summed E-state index contributed by atoms with van der Waals surface area (Å²) < 4.78 is 5.89. The first-order chi connectivity index (χ1) is 11.0. The molecule has 120 valence electrons. The number of carbonyl (C=O) groups excluding carboxylic acids is 1. The summed E-state index contributed by atoms with van der Waals surface area (Å²) in [6, 6.07) is 14.7. The fourth-order valence-corrected chi connectivity index (χ4v) is 2.83. The molecule has 0 aliphatic carbocycles. The van der Waals surface area contributed by atoms with Gasteiger partial charge in [-0.25, -0.2) is 0 Å². The van der Waals surface area contributed by atoms with E-state index in [1.54, 1.807) is 23.1 Å². The number of rotatable bonds is 4. The first-order valence-corrected chi connectivity index (χ1v) is 7.89. The van der Waals surface area contributed by atoms with Gasteiger partial charge in [-0.1, -0.05) is 44.2 Å². The zero-order chi connectivity index (χ0) is 16.4. The molecule has 4 nitrogen and oxygen atoms in total. The molecule has 0 spiro atoms. The zero-order valence-electron chi connectivity index (χ0n) is 13.4. The summed E-state index contributed by atoms with van der Waals surface area (Å²) in [6.07, 6.45) is -0.0472. The SMILES string of the molecule is CC(C)CN1C(=O)C(Cc2ccccc2)Oc2cc(O)ccc21. The molecule has 0 aromatic heterocycles. The van der Waals surface area contributed by atoms with Crippen LogP contribution in [0.25, 0.3) is 0 Å². The number of hydrogen-bond donors (Lipinski definition) is 1. The van der Waals surface area contributed by atoms with Crippen LogP contribution in [0.5, 0.6) is 11.5 Å². The number of nitrogens with zero attached hydrogens (tertiary/aromatic N) is 1. The number of phenols is 1. The molecule has 1 aliphatic rings. The molecule has 1 amide bonds. The quantitative estimate of drug-likeness (QED) is 0.941. The largest absolute Gasteiger partial charge is 0.508 e. The van der Waals surface area contributed by atoms with Crippen LogP contribution in [-0.2, 0) is 11.2 Å². The highest BCUT2D eigenvalue weighted by Crippen LogP contribution is 2.37. The minimum Gasteiger partial charge on any atom is -0.508 e. The Hall–Kier alpha value is -2.49. The van der Waals surface area contributed by atoms with Crippen molar-refractivity contribution in [2.45, 2.75) is 26.4 Å². The first-order valence-electron chi connectivity index (χ1n) is 7.89. The number of fused-ring (bicyclic) bond motifs is 1. The van der Waals surface area contributed by atoms with Gasteiger partial charge in [-0.05, 0) is 23.6 Å². The summed E-state index contributed by atoms with van der Waals surface area (Å²) in [5, 5.41) is 9.71. The van der Waals surface area contributed by atoms with Crippen molar-refractivity contribution < 1.29 is 14.6 Å². The van der Waals surface area contributed by atoms with Gasteiger partial charge in [0.15, 0.2) is 6.10 Å². The van der Waals surface area contributed by atoms with Gasteiger partial charge in [0.1, 0.15) is 11.5 Å². The molecule has 0 radical (unpaired) electrons. The Balaban J connectivity index is 1.92. The highest BCUT2D eigenvalue weighted by atomic mass is 16.5. The topological polar surface area (TPSA) is 49.8 Å². The van der Waals surface area contributed by atoms with Crippen LogP contribution >= 0.6 is 0 Å². The summed E-state index contributed by atoms with van der Waals surface area (Å²) >= 11 is 0. The fourth-order valence-electron chi connectivity index (χ4n) is 2.83. The van der Waals surface area contributed by atoms with Gasteiger partial charge in [0.2, 0.25) is 0 Å². The standard InChI is InChI=1S/C19H21NO3/c1-13(2)12-20-16-9-8-15(21)11-17(16)23-18(19(20)22)10-14-6-4-3-5-7-14/h3-9,11,13,18,21H,10,12H2,1-2H3. The highest BCUT2D eigenvalue weighted by Gasteiger charge is 2.34. The van der Waals surface area contributed by atoms with Crippen LogP contribution in [-0.4, -0.2) is 23.7 Å². The van der Waals surface area contributed by atoms with E-state index in [9.17, 15) is 9.90 Å². The number of benzene rings is 2. The Kier molecular flexibility index (Phi) is 4.24. The number of aromatic hydroxyl groups is 1. The normalized spacial score (nSPS) is 17.1. The van der Waals surface area contributed by atoms with E-state index in [-0.39, 0.29) is 11.7 Å². The first kappa shape index (κ1) is 15.4. The molecule has 1 N–H and O–H groups in total. The van der Waals surface area contributed by atoms with Crippen molar-refractivity contribution >= 4 is 11.6 Å². The predicted molar refractivity (Wildman–Crippen MR) is 89.9 cm³/mol. The van der Waals surface area contributed by atoms with E-state index >= 15 is 0 Å². The second kappa shape index (κ2) is 6.32. The molecule has 1 aliphatic heterocycles. The Bertz CT molecular complexity index is 697. The number of ether oxygens (including phenoxy) is 1. The maximum absolute atomic E-state index is 12.9. The highest BCUT2D eigenvalue weighted by molar-refractivity contribution is 6.00. The smallest absolute Gasteiger partial charge is 0.268 e. The van der Waals surface area contributed by atoms with Gasteiger partial charge in [-0.2, -0.15) is 0 Å². The molecule has 0 saturated heterocycles. The summed E-state index contributed by atoms with van der Waals surface area (Å²) in [4.78, 5) is 14.6. The fraction of sp³-hybridized carbons (Fsp3) is 0.316. The monoisotopic (exact) mass is 311 g/mol. The Morgan fingerprint density at radius 1 is 1.17 bits per heavy atom. The molecule has 0 fully saturated rings. The number of hydrogen-bond acceptors (Lipinski definition) is 3. The van der Waals surface area contributed by atoms with Gasteiger partial charge >= 0.3 is 0 Å². The van der Waals surface area contributed by atoms with Gasteiger partial charge in [0.05, 0.1) is 5.69 Å². The Labute approximate surface area is 136 Å². The number of phenolic OH excluding ortho intramolecular Hbond substituents is 1. The van der Waals surface area contributed by atoms with E-state index in [1.165, 1.54) is 0 Å². The van der Waals surface area contributed by atoms with E-state index in [0.29, 0.717) is 24.6 Å². The number of amides is 1. The maximum atomic E-state index is 12.9. The Morgan fingerprint density at radius 2 is 1.91 bits per heavy atom. The van der Waals surface area contributed by atoms with Gasteiger partial charge in [0.25, 0.3) is 5.91 Å². The van der Waals surface area contributed by atoms with Crippen LogP contribution in [0.15, 0.2) is 48.5 Å². The summed E-state index contributed by atoms with van der Waals surface area (Å²) in [7, 11) is 0. The van der Waals surface area contributed by atoms with Gasteiger partial charge in [-0.15, -0.1) is 0 Å². The van der Waals surface area contributed by atoms with Crippen molar-refractivity contribution in [3.63, 3.8) is 0 Å². The molecular weight excluding hydrogens is 290 g/mol. The van der Waals surface area contributed by atoms with Crippen molar-refractivity contribution in [2.24, 2.45) is 5.92 Å². The predicted octanol–water partition coefficient (Wildman–Crippen LogP) is 3.38. The summed E-state index contributed by atoms with van der Waals surface area (Å²) in [6.45, 7) is 4.79. The lowest BCUT2D eigenvalue weighted by molar-refractivity contribution is -0.126. The van der Waals surface area contributed by atoms with Gasteiger partial charge in [-0.3, -0.25) is 4.79 Å². The molecule has 23 heavy (non-hydrogen) atoms. The van der Waals surface area contributed by atoms with Crippen LogP contribution in [0.1, 0.15) is 19.4 Å². The van der Waals surface area contributed by atoms with E-state index in [0.717, 1.165) is 11.3 Å². The molecule has 3 rings (SSSR count). The zero-order valence-corrected chi connectivity index (χ0v) is 13.4. The molecule has 0 bridgehead atoms. The van der Waals surface area contributed by atoms with Gasteiger partial charge < -0.3 is 14.7 Å². The molecule has 2 aromatic carbocycles. The van der Waals surface area contributed by atoms with E-state index in [2.05, 4.69) is 13.8 Å². The van der Waals surface area contributed by atoms with Crippen LogP contribution in [0.2, 0.25) is 0 Å². The van der Waals surface area contributed by atoms with Crippen molar-refractivity contribution in [2.75, 3.05) is 11.4 Å². The molecule has 1 heterocycles. The second-order valence-electron chi connectivity index (χ2n) is 6.29. The van der Waals surface area contributed by atoms with E-state index in [4.69, 9.17) is 4.74 Å². The summed E-state index contributed by atoms with van der Waals surface area (Å²) in [5.74, 6) is 1.02. The maximum Gasteiger partial charge on any atom is 0.268 e. The van der Waals surface area contributed by atoms with Gasteiger partial charge in [0, 0.05) is 19.0 Å². The number of carbonyl (C=O) groups is 1. The minimum absolute atomic E-state index is 0.0271. The van der Waals surface area contributed by atoms with Crippen molar-refractivity contribution in [1.82, 2.24) is 0 Å². The van der Waals surface area contributed by atoms with Crippen LogP contribution in [0, 0.1) is 5.92 Å². The molecular formula is C19H21NO3. The van der Waals surface area contributed by atoms with E-state index < -0.39 is 6.10 Å².